The molecule has 2 atom stereocenters. The van der Waals surface area contributed by atoms with Gasteiger partial charge in [0.15, 0.2) is 0 Å². The van der Waals surface area contributed by atoms with Crippen LogP contribution in [0, 0.1) is 17.8 Å². The summed E-state index contributed by atoms with van der Waals surface area (Å²) in [5.41, 5.74) is 0. The summed E-state index contributed by atoms with van der Waals surface area (Å²) < 4.78 is 0. The molecule has 1 heteroatoms. The van der Waals surface area contributed by atoms with Gasteiger partial charge in [-0.3, -0.25) is 4.79 Å². The predicted octanol–water partition coefficient (Wildman–Crippen LogP) is 3.43. The van der Waals surface area contributed by atoms with Crippen LogP contribution in [-0.2, 0) is 4.79 Å². The summed E-state index contributed by atoms with van der Waals surface area (Å²) in [6.45, 7) is 6.64. The standard InChI is InChI=1S/C12H22O/c1-4-5-10-6-7-11(9(2)3)8-12(10)13/h9-11H,4-8H2,1-3H3. The Morgan fingerprint density at radius 2 is 2.08 bits per heavy atom. The van der Waals surface area contributed by atoms with Crippen LogP contribution in [-0.4, -0.2) is 5.78 Å². The third kappa shape index (κ3) is 2.82. The molecule has 0 heterocycles. The highest BCUT2D eigenvalue weighted by molar-refractivity contribution is 5.81. The fourth-order valence-corrected chi connectivity index (χ4v) is 2.33. The smallest absolute Gasteiger partial charge is 0.136 e. The van der Waals surface area contributed by atoms with Crippen LogP contribution in [0.2, 0.25) is 0 Å². The Morgan fingerprint density at radius 3 is 2.54 bits per heavy atom. The maximum Gasteiger partial charge on any atom is 0.136 e. The van der Waals surface area contributed by atoms with Gasteiger partial charge in [-0.2, -0.15) is 0 Å². The molecule has 1 aliphatic rings. The minimum atomic E-state index is 0.403. The van der Waals surface area contributed by atoms with Gasteiger partial charge in [-0.05, 0) is 31.1 Å². The van der Waals surface area contributed by atoms with Crippen LogP contribution in [0.3, 0.4) is 0 Å². The van der Waals surface area contributed by atoms with E-state index in [0.717, 1.165) is 25.7 Å². The molecule has 76 valence electrons. The molecule has 0 radical (unpaired) electrons. The van der Waals surface area contributed by atoms with Crippen molar-refractivity contribution in [2.24, 2.45) is 17.8 Å². The van der Waals surface area contributed by atoms with E-state index >= 15 is 0 Å². The van der Waals surface area contributed by atoms with Crippen LogP contribution >= 0.6 is 0 Å². The van der Waals surface area contributed by atoms with E-state index in [1.54, 1.807) is 0 Å². The van der Waals surface area contributed by atoms with Crippen molar-refractivity contribution in [3.05, 3.63) is 0 Å². The first kappa shape index (κ1) is 10.7. The molecule has 2 unspecified atom stereocenters. The molecule has 1 rings (SSSR count). The normalized spacial score (nSPS) is 29.7. The lowest BCUT2D eigenvalue weighted by Crippen LogP contribution is -2.27. The van der Waals surface area contributed by atoms with Crippen molar-refractivity contribution in [1.29, 1.82) is 0 Å². The summed E-state index contributed by atoms with van der Waals surface area (Å²) in [7, 11) is 0. The van der Waals surface area contributed by atoms with Crippen LogP contribution in [0.5, 0.6) is 0 Å². The highest BCUT2D eigenvalue weighted by atomic mass is 16.1. The summed E-state index contributed by atoms with van der Waals surface area (Å²) in [6.07, 6.45) is 5.54. The topological polar surface area (TPSA) is 17.1 Å². The summed E-state index contributed by atoms with van der Waals surface area (Å²) >= 11 is 0. The molecule has 0 aromatic rings. The summed E-state index contributed by atoms with van der Waals surface area (Å²) in [6, 6.07) is 0. The molecule has 0 aliphatic heterocycles. The second-order valence-corrected chi connectivity index (χ2v) is 4.74. The van der Waals surface area contributed by atoms with Crippen molar-refractivity contribution in [2.45, 2.75) is 52.9 Å². The first-order chi connectivity index (χ1) is 6.15. The Bertz CT molecular complexity index is 172. The molecule has 0 spiro atoms. The quantitative estimate of drug-likeness (QED) is 0.653. The lowest BCUT2D eigenvalue weighted by molar-refractivity contribution is -0.126. The third-order valence-corrected chi connectivity index (χ3v) is 3.38. The monoisotopic (exact) mass is 182 g/mol. The Balaban J connectivity index is 2.42. The molecule has 13 heavy (non-hydrogen) atoms. The maximum absolute atomic E-state index is 11.7. The molecule has 1 aliphatic carbocycles. The van der Waals surface area contributed by atoms with Gasteiger partial charge < -0.3 is 0 Å². The molecule has 0 aromatic carbocycles. The predicted molar refractivity (Wildman–Crippen MR) is 55.6 cm³/mol. The molecular formula is C12H22O. The van der Waals surface area contributed by atoms with Crippen molar-refractivity contribution in [3.8, 4) is 0 Å². The van der Waals surface area contributed by atoms with E-state index in [4.69, 9.17) is 0 Å². The first-order valence-electron chi connectivity index (χ1n) is 5.67. The van der Waals surface area contributed by atoms with Crippen molar-refractivity contribution < 1.29 is 4.79 Å². The average molecular weight is 182 g/mol. The number of hydrogen-bond acceptors (Lipinski definition) is 1. The van der Waals surface area contributed by atoms with Gasteiger partial charge in [0.05, 0.1) is 0 Å². The molecule has 0 bridgehead atoms. The van der Waals surface area contributed by atoms with Gasteiger partial charge in [-0.1, -0.05) is 27.2 Å². The van der Waals surface area contributed by atoms with E-state index in [2.05, 4.69) is 20.8 Å². The Kier molecular flexibility index (Phi) is 3.95. The van der Waals surface area contributed by atoms with Crippen molar-refractivity contribution in [3.63, 3.8) is 0 Å². The van der Waals surface area contributed by atoms with E-state index in [0.29, 0.717) is 23.5 Å². The van der Waals surface area contributed by atoms with Gasteiger partial charge >= 0.3 is 0 Å². The van der Waals surface area contributed by atoms with Crippen molar-refractivity contribution in [1.82, 2.24) is 0 Å². The van der Waals surface area contributed by atoms with Crippen LogP contribution in [0.15, 0.2) is 0 Å². The SMILES string of the molecule is CCCC1CCC(C(C)C)CC1=O. The van der Waals surface area contributed by atoms with Gasteiger partial charge in [0, 0.05) is 12.3 Å². The molecule has 1 nitrogen and oxygen atoms in total. The summed E-state index contributed by atoms with van der Waals surface area (Å²) in [4.78, 5) is 11.7. The minimum absolute atomic E-state index is 0.403. The van der Waals surface area contributed by atoms with Gasteiger partial charge in [0.25, 0.3) is 0 Å². The highest BCUT2D eigenvalue weighted by Gasteiger charge is 2.28. The molecular weight excluding hydrogens is 160 g/mol. The fraction of sp³-hybridized carbons (Fsp3) is 0.917. The fourth-order valence-electron chi connectivity index (χ4n) is 2.33. The van der Waals surface area contributed by atoms with Crippen LogP contribution in [0.1, 0.15) is 52.9 Å². The third-order valence-electron chi connectivity index (χ3n) is 3.38. The Labute approximate surface area is 81.9 Å². The van der Waals surface area contributed by atoms with E-state index in [1.807, 2.05) is 0 Å². The zero-order chi connectivity index (χ0) is 9.84. The number of rotatable bonds is 3. The number of ketones is 1. The zero-order valence-corrected chi connectivity index (χ0v) is 9.18. The van der Waals surface area contributed by atoms with E-state index in [1.165, 1.54) is 6.42 Å². The number of carbonyl (C=O) groups excluding carboxylic acids is 1. The first-order valence-corrected chi connectivity index (χ1v) is 5.67. The number of carbonyl (C=O) groups is 1. The maximum atomic E-state index is 11.7. The minimum Gasteiger partial charge on any atom is -0.299 e. The second-order valence-electron chi connectivity index (χ2n) is 4.74. The van der Waals surface area contributed by atoms with Gasteiger partial charge in [-0.15, -0.1) is 0 Å². The number of hydrogen-bond donors (Lipinski definition) is 0. The lowest BCUT2D eigenvalue weighted by Gasteiger charge is -2.29. The molecule has 0 N–H and O–H groups in total. The van der Waals surface area contributed by atoms with Crippen molar-refractivity contribution >= 4 is 5.78 Å². The van der Waals surface area contributed by atoms with Gasteiger partial charge in [0.1, 0.15) is 5.78 Å². The van der Waals surface area contributed by atoms with Gasteiger partial charge in [-0.25, -0.2) is 0 Å². The largest absolute Gasteiger partial charge is 0.299 e. The van der Waals surface area contributed by atoms with E-state index < -0.39 is 0 Å². The van der Waals surface area contributed by atoms with E-state index in [-0.39, 0.29) is 0 Å². The molecule has 0 aromatic heterocycles. The van der Waals surface area contributed by atoms with Gasteiger partial charge in [0.2, 0.25) is 0 Å². The lowest BCUT2D eigenvalue weighted by atomic mass is 9.75. The molecule has 0 amide bonds. The van der Waals surface area contributed by atoms with Crippen LogP contribution in [0.25, 0.3) is 0 Å². The highest BCUT2D eigenvalue weighted by Crippen LogP contribution is 2.32. The Morgan fingerprint density at radius 1 is 1.38 bits per heavy atom. The summed E-state index contributed by atoms with van der Waals surface area (Å²) in [5.74, 6) is 2.29. The van der Waals surface area contributed by atoms with Crippen molar-refractivity contribution in [2.75, 3.05) is 0 Å². The van der Waals surface area contributed by atoms with E-state index in [9.17, 15) is 4.79 Å². The average Bonchev–Trinajstić information content (AvgIpc) is 2.08. The summed E-state index contributed by atoms with van der Waals surface area (Å²) in [5, 5.41) is 0. The molecule has 1 fully saturated rings. The molecule has 0 saturated heterocycles. The van der Waals surface area contributed by atoms with Crippen LogP contribution in [0.4, 0.5) is 0 Å². The molecule has 1 saturated carbocycles. The Hall–Kier alpha value is -0.330. The second kappa shape index (κ2) is 4.78. The zero-order valence-electron chi connectivity index (χ0n) is 9.18. The number of Topliss-reactive ketones (excluding diaryl/α,β-unsaturated/α-hetero) is 1. The van der Waals surface area contributed by atoms with Crippen LogP contribution < -0.4 is 0 Å².